The van der Waals surface area contributed by atoms with Crippen molar-refractivity contribution >= 4 is 12.6 Å². The van der Waals surface area contributed by atoms with E-state index in [1.54, 1.807) is 0 Å². The molecule has 0 aromatic carbocycles. The van der Waals surface area contributed by atoms with Crippen LogP contribution in [0.5, 0.6) is 0 Å². The standard InChI is InChI=1S/C13H27NS/c1-11(12(2,3)4)14(5)9-13(10-15)7-6-8-13/h11,15H,6-10H2,1-5H3. The van der Waals surface area contributed by atoms with Gasteiger partial charge in [0.2, 0.25) is 0 Å². The van der Waals surface area contributed by atoms with Crippen LogP contribution in [0, 0.1) is 10.8 Å². The highest BCUT2D eigenvalue weighted by atomic mass is 32.1. The maximum absolute atomic E-state index is 4.52. The summed E-state index contributed by atoms with van der Waals surface area (Å²) in [7, 11) is 2.26. The van der Waals surface area contributed by atoms with Gasteiger partial charge in [-0.05, 0) is 43.4 Å². The molecule has 0 saturated heterocycles. The molecule has 0 amide bonds. The van der Waals surface area contributed by atoms with Crippen LogP contribution < -0.4 is 0 Å². The molecule has 0 aromatic rings. The minimum absolute atomic E-state index is 0.371. The quantitative estimate of drug-likeness (QED) is 0.723. The van der Waals surface area contributed by atoms with Crippen LogP contribution in [0.2, 0.25) is 0 Å². The summed E-state index contributed by atoms with van der Waals surface area (Å²) < 4.78 is 0. The third-order valence-corrected chi connectivity index (χ3v) is 4.92. The molecule has 0 aromatic heterocycles. The fourth-order valence-corrected chi connectivity index (χ4v) is 2.79. The summed E-state index contributed by atoms with van der Waals surface area (Å²) in [5.74, 6) is 1.05. The molecule has 2 heteroatoms. The van der Waals surface area contributed by atoms with Gasteiger partial charge in [-0.15, -0.1) is 0 Å². The molecule has 1 aliphatic carbocycles. The molecular weight excluding hydrogens is 202 g/mol. The van der Waals surface area contributed by atoms with E-state index in [2.05, 4.69) is 52.3 Å². The first-order chi connectivity index (χ1) is 6.81. The fraction of sp³-hybridized carbons (Fsp3) is 1.00. The third kappa shape index (κ3) is 3.13. The highest BCUT2D eigenvalue weighted by Gasteiger charge is 2.38. The van der Waals surface area contributed by atoms with Crippen LogP contribution >= 0.6 is 12.6 Å². The Kier molecular flexibility index (Phi) is 4.16. The number of hydrogen-bond donors (Lipinski definition) is 1. The van der Waals surface area contributed by atoms with Crippen molar-refractivity contribution in [2.75, 3.05) is 19.3 Å². The molecule has 1 rings (SSSR count). The Morgan fingerprint density at radius 3 is 2.13 bits per heavy atom. The Morgan fingerprint density at radius 1 is 1.33 bits per heavy atom. The smallest absolute Gasteiger partial charge is 0.0113 e. The van der Waals surface area contributed by atoms with Gasteiger partial charge in [0.15, 0.2) is 0 Å². The lowest BCUT2D eigenvalue weighted by Gasteiger charge is -2.46. The first-order valence-electron chi connectivity index (χ1n) is 6.12. The second kappa shape index (κ2) is 4.67. The lowest BCUT2D eigenvalue weighted by molar-refractivity contribution is 0.0516. The molecule has 0 aliphatic heterocycles. The van der Waals surface area contributed by atoms with Gasteiger partial charge >= 0.3 is 0 Å². The van der Waals surface area contributed by atoms with Crippen LogP contribution in [0.25, 0.3) is 0 Å². The van der Waals surface area contributed by atoms with Crippen molar-refractivity contribution in [1.82, 2.24) is 4.90 Å². The molecule has 90 valence electrons. The molecule has 1 fully saturated rings. The van der Waals surface area contributed by atoms with Gasteiger partial charge in [0, 0.05) is 12.6 Å². The Labute approximate surface area is 101 Å². The summed E-state index contributed by atoms with van der Waals surface area (Å²) in [5.41, 5.74) is 0.896. The summed E-state index contributed by atoms with van der Waals surface area (Å²) in [4.78, 5) is 2.52. The summed E-state index contributed by atoms with van der Waals surface area (Å²) in [6, 6.07) is 0.634. The second-order valence-corrected chi connectivity index (χ2v) is 6.79. The third-order valence-electron chi connectivity index (χ3n) is 4.25. The number of hydrogen-bond acceptors (Lipinski definition) is 2. The van der Waals surface area contributed by atoms with E-state index in [-0.39, 0.29) is 0 Å². The molecular formula is C13H27NS. The van der Waals surface area contributed by atoms with Gasteiger partial charge in [-0.25, -0.2) is 0 Å². The van der Waals surface area contributed by atoms with E-state index in [1.165, 1.54) is 25.8 Å². The predicted molar refractivity (Wildman–Crippen MR) is 71.7 cm³/mol. The molecule has 0 radical (unpaired) electrons. The van der Waals surface area contributed by atoms with Gasteiger partial charge in [0.1, 0.15) is 0 Å². The highest BCUT2D eigenvalue weighted by Crippen LogP contribution is 2.43. The van der Waals surface area contributed by atoms with Crippen LogP contribution in [0.4, 0.5) is 0 Å². The van der Waals surface area contributed by atoms with Crippen molar-refractivity contribution < 1.29 is 0 Å². The van der Waals surface area contributed by atoms with Gasteiger partial charge in [0.05, 0.1) is 0 Å². The van der Waals surface area contributed by atoms with E-state index in [9.17, 15) is 0 Å². The lowest BCUT2D eigenvalue weighted by atomic mass is 9.69. The molecule has 0 spiro atoms. The van der Waals surface area contributed by atoms with Gasteiger partial charge in [-0.2, -0.15) is 12.6 Å². The Balaban J connectivity index is 2.51. The van der Waals surface area contributed by atoms with E-state index in [4.69, 9.17) is 0 Å². The van der Waals surface area contributed by atoms with Crippen molar-refractivity contribution in [2.24, 2.45) is 10.8 Å². The zero-order valence-corrected chi connectivity index (χ0v) is 11.9. The first-order valence-corrected chi connectivity index (χ1v) is 6.75. The molecule has 15 heavy (non-hydrogen) atoms. The van der Waals surface area contributed by atoms with Crippen LogP contribution in [0.15, 0.2) is 0 Å². The molecule has 1 saturated carbocycles. The summed E-state index contributed by atoms with van der Waals surface area (Å²) in [5, 5.41) is 0. The number of nitrogens with zero attached hydrogens (tertiary/aromatic N) is 1. The molecule has 1 unspecified atom stereocenters. The van der Waals surface area contributed by atoms with Crippen molar-refractivity contribution in [3.05, 3.63) is 0 Å². The van der Waals surface area contributed by atoms with E-state index >= 15 is 0 Å². The minimum atomic E-state index is 0.371. The molecule has 0 N–H and O–H groups in total. The average Bonchev–Trinajstić information content (AvgIpc) is 2.08. The van der Waals surface area contributed by atoms with E-state index < -0.39 is 0 Å². The fourth-order valence-electron chi connectivity index (χ4n) is 2.37. The highest BCUT2D eigenvalue weighted by molar-refractivity contribution is 7.80. The average molecular weight is 229 g/mol. The molecule has 1 atom stereocenters. The maximum Gasteiger partial charge on any atom is 0.0113 e. The second-order valence-electron chi connectivity index (χ2n) is 6.47. The summed E-state index contributed by atoms with van der Waals surface area (Å²) in [6.07, 6.45) is 4.15. The first kappa shape index (κ1) is 13.4. The van der Waals surface area contributed by atoms with Gasteiger partial charge in [-0.1, -0.05) is 27.2 Å². The summed E-state index contributed by atoms with van der Waals surface area (Å²) >= 11 is 4.52. The van der Waals surface area contributed by atoms with Gasteiger partial charge in [-0.3, -0.25) is 0 Å². The normalized spacial score (nSPS) is 22.6. The van der Waals surface area contributed by atoms with E-state index in [0.29, 0.717) is 16.9 Å². The van der Waals surface area contributed by atoms with Crippen LogP contribution in [0.1, 0.15) is 47.0 Å². The minimum Gasteiger partial charge on any atom is -0.303 e. The van der Waals surface area contributed by atoms with Crippen LogP contribution in [-0.4, -0.2) is 30.3 Å². The van der Waals surface area contributed by atoms with Crippen molar-refractivity contribution in [3.63, 3.8) is 0 Å². The summed E-state index contributed by atoms with van der Waals surface area (Å²) in [6.45, 7) is 10.5. The lowest BCUT2D eigenvalue weighted by Crippen LogP contribution is -2.48. The topological polar surface area (TPSA) is 3.24 Å². The van der Waals surface area contributed by atoms with Crippen molar-refractivity contribution in [1.29, 1.82) is 0 Å². The van der Waals surface area contributed by atoms with Gasteiger partial charge in [0.25, 0.3) is 0 Å². The molecule has 1 aliphatic rings. The van der Waals surface area contributed by atoms with Crippen LogP contribution in [-0.2, 0) is 0 Å². The zero-order chi connectivity index (χ0) is 11.7. The largest absolute Gasteiger partial charge is 0.303 e. The predicted octanol–water partition coefficient (Wildman–Crippen LogP) is 3.45. The van der Waals surface area contributed by atoms with Gasteiger partial charge < -0.3 is 4.90 Å². The van der Waals surface area contributed by atoms with Crippen molar-refractivity contribution in [2.45, 2.75) is 53.0 Å². The van der Waals surface area contributed by atoms with Crippen molar-refractivity contribution in [3.8, 4) is 0 Å². The van der Waals surface area contributed by atoms with E-state index in [0.717, 1.165) is 5.75 Å². The monoisotopic (exact) mass is 229 g/mol. The van der Waals surface area contributed by atoms with Crippen LogP contribution in [0.3, 0.4) is 0 Å². The molecule has 1 nitrogen and oxygen atoms in total. The number of rotatable bonds is 4. The Hall–Kier alpha value is 0.310. The molecule has 0 heterocycles. The Morgan fingerprint density at radius 2 is 1.87 bits per heavy atom. The molecule has 0 bridgehead atoms. The Bertz CT molecular complexity index is 198. The number of thiol groups is 1. The van der Waals surface area contributed by atoms with E-state index in [1.807, 2.05) is 0 Å². The zero-order valence-electron chi connectivity index (χ0n) is 11.0. The SMILES string of the molecule is CC(N(C)CC1(CS)CCC1)C(C)(C)C. The maximum atomic E-state index is 4.52.